The van der Waals surface area contributed by atoms with Gasteiger partial charge in [-0.3, -0.25) is 23.5 Å². The third-order valence-corrected chi connectivity index (χ3v) is 7.58. The molecule has 212 valence electrons. The summed E-state index contributed by atoms with van der Waals surface area (Å²) >= 11 is 0. The predicted molar refractivity (Wildman–Crippen MR) is 151 cm³/mol. The number of allylic oxidation sites excluding steroid dienone is 2. The molecule has 1 aromatic carbocycles. The monoisotopic (exact) mass is 549 g/mol. The molecule has 12 heteroatoms. The van der Waals surface area contributed by atoms with Gasteiger partial charge in [0.2, 0.25) is 5.95 Å². The average molecular weight is 550 g/mol. The molecule has 0 radical (unpaired) electrons. The highest BCUT2D eigenvalue weighted by Gasteiger charge is 2.28. The summed E-state index contributed by atoms with van der Waals surface area (Å²) in [6.07, 6.45) is 7.01. The van der Waals surface area contributed by atoms with E-state index in [9.17, 15) is 19.2 Å². The zero-order chi connectivity index (χ0) is 28.4. The maximum Gasteiger partial charge on any atom is 0.332 e. The first kappa shape index (κ1) is 27.4. The number of ether oxygens (including phenoxy) is 1. The van der Waals surface area contributed by atoms with Crippen LogP contribution in [0, 0.1) is 0 Å². The van der Waals surface area contributed by atoms with Crippen molar-refractivity contribution in [1.82, 2.24) is 24.0 Å². The van der Waals surface area contributed by atoms with Crippen molar-refractivity contribution in [3.8, 4) is 5.75 Å². The van der Waals surface area contributed by atoms with Gasteiger partial charge in [0.25, 0.3) is 11.5 Å². The number of fused-ring (bicyclic) bond motifs is 1. The van der Waals surface area contributed by atoms with Gasteiger partial charge in [0, 0.05) is 39.8 Å². The van der Waals surface area contributed by atoms with Crippen LogP contribution in [0.2, 0.25) is 0 Å². The van der Waals surface area contributed by atoms with Crippen LogP contribution >= 0.6 is 0 Å². The molecule has 1 aliphatic carbocycles. The van der Waals surface area contributed by atoms with Crippen LogP contribution in [-0.2, 0) is 24.9 Å². The Morgan fingerprint density at radius 1 is 1.18 bits per heavy atom. The van der Waals surface area contributed by atoms with E-state index in [0.29, 0.717) is 19.0 Å². The van der Waals surface area contributed by atoms with Gasteiger partial charge < -0.3 is 25.3 Å². The number of nitrogens with two attached hydrogens (primary N) is 1. The van der Waals surface area contributed by atoms with E-state index in [1.807, 2.05) is 4.57 Å². The lowest BCUT2D eigenvalue weighted by Crippen LogP contribution is -2.44. The summed E-state index contributed by atoms with van der Waals surface area (Å²) in [6, 6.07) is 6.45. The van der Waals surface area contributed by atoms with Crippen molar-refractivity contribution in [2.45, 2.75) is 51.2 Å². The Balaban J connectivity index is 1.58. The van der Waals surface area contributed by atoms with Crippen molar-refractivity contribution in [2.24, 2.45) is 12.8 Å². The molecule has 40 heavy (non-hydrogen) atoms. The van der Waals surface area contributed by atoms with Gasteiger partial charge >= 0.3 is 5.69 Å². The second-order valence-electron chi connectivity index (χ2n) is 10.4. The Morgan fingerprint density at radius 3 is 2.70 bits per heavy atom. The number of hydrogen-bond donors (Lipinski definition) is 2. The normalized spacial score (nSPS) is 17.2. The number of hydrogen-bond acceptors (Lipinski definition) is 8. The van der Waals surface area contributed by atoms with Crippen LogP contribution < -0.4 is 31.9 Å². The fourth-order valence-corrected chi connectivity index (χ4v) is 5.43. The molecule has 1 amide bonds. The molecule has 1 atom stereocenters. The number of imidazole rings is 1. The molecule has 1 saturated heterocycles. The Labute approximate surface area is 231 Å². The molecule has 0 bridgehead atoms. The molecule has 3 N–H and O–H groups in total. The fourth-order valence-electron chi connectivity index (χ4n) is 5.43. The highest BCUT2D eigenvalue weighted by molar-refractivity contribution is 5.98. The number of rotatable bonds is 9. The van der Waals surface area contributed by atoms with Gasteiger partial charge in [0.05, 0.1) is 12.1 Å². The maximum absolute atomic E-state index is 14.0. The standard InChI is InChI=1S/C28H35N7O5/c1-30-23(37)17-40-22-12-6-5-11-20(22)21(36)16-35-26(38)24-25(32(2)28(35)39)31-27(33-13-7-10-19(29)15-33)34(24)14-18-8-3-4-9-18/h5-6,8,11-12,19H,3-4,7,9-10,13-17,29H2,1-2H3,(H,30,37). The lowest BCUT2D eigenvalue weighted by atomic mass is 10.1. The largest absolute Gasteiger partial charge is 0.483 e. The number of anilines is 1. The molecule has 1 fully saturated rings. The van der Waals surface area contributed by atoms with E-state index in [0.717, 1.165) is 43.2 Å². The summed E-state index contributed by atoms with van der Waals surface area (Å²) in [6.45, 7) is 1.08. The van der Waals surface area contributed by atoms with Crippen LogP contribution in [0.3, 0.4) is 0 Å². The Kier molecular flexibility index (Phi) is 7.88. The molecule has 0 saturated carbocycles. The van der Waals surface area contributed by atoms with Crippen LogP contribution in [0.4, 0.5) is 5.95 Å². The lowest BCUT2D eigenvalue weighted by molar-refractivity contribution is -0.122. The molecule has 1 unspecified atom stereocenters. The number of ketones is 1. The van der Waals surface area contributed by atoms with Crippen LogP contribution in [-0.4, -0.2) is 63.2 Å². The quantitative estimate of drug-likeness (QED) is 0.296. The number of likely N-dealkylation sites (N-methyl/N-ethyl adjacent to an activating group) is 1. The first-order valence-electron chi connectivity index (χ1n) is 13.6. The predicted octanol–water partition coefficient (Wildman–Crippen LogP) is 0.942. The molecular weight excluding hydrogens is 514 g/mol. The minimum Gasteiger partial charge on any atom is -0.483 e. The van der Waals surface area contributed by atoms with Crippen LogP contribution in [0.15, 0.2) is 45.5 Å². The first-order valence-corrected chi connectivity index (χ1v) is 13.6. The second-order valence-corrected chi connectivity index (χ2v) is 10.4. The maximum atomic E-state index is 14.0. The molecule has 12 nitrogen and oxygen atoms in total. The number of carbonyl (C=O) groups is 2. The SMILES string of the molecule is CNC(=O)COc1ccccc1C(=O)Cn1c(=O)c2c(nc(N3CCCC(N)C3)n2CC2=CCCC2)n(C)c1=O. The van der Waals surface area contributed by atoms with Gasteiger partial charge in [0.1, 0.15) is 5.75 Å². The van der Waals surface area contributed by atoms with E-state index < -0.39 is 23.6 Å². The van der Waals surface area contributed by atoms with E-state index >= 15 is 0 Å². The molecule has 5 rings (SSSR count). The fraction of sp³-hybridized carbons (Fsp3) is 0.464. The summed E-state index contributed by atoms with van der Waals surface area (Å²) in [5.41, 5.74) is 6.99. The molecule has 2 aromatic heterocycles. The molecular formula is C28H35N7O5. The van der Waals surface area contributed by atoms with Crippen LogP contribution in [0.1, 0.15) is 42.5 Å². The highest BCUT2D eigenvalue weighted by atomic mass is 16.5. The number of aromatic nitrogens is 4. The number of nitrogens with zero attached hydrogens (tertiary/aromatic N) is 5. The summed E-state index contributed by atoms with van der Waals surface area (Å²) in [4.78, 5) is 59.3. The summed E-state index contributed by atoms with van der Waals surface area (Å²) in [5.74, 6) is -0.0298. The van der Waals surface area contributed by atoms with Gasteiger partial charge in [-0.05, 0) is 44.2 Å². The number of benzene rings is 1. The molecule has 2 aliphatic rings. The van der Waals surface area contributed by atoms with Crippen LogP contribution in [0.5, 0.6) is 5.75 Å². The van der Waals surface area contributed by atoms with E-state index in [2.05, 4.69) is 16.3 Å². The van der Waals surface area contributed by atoms with Gasteiger partial charge in [0.15, 0.2) is 23.6 Å². The summed E-state index contributed by atoms with van der Waals surface area (Å²) in [7, 11) is 3.05. The Morgan fingerprint density at radius 2 is 1.98 bits per heavy atom. The van der Waals surface area contributed by atoms with E-state index in [1.54, 1.807) is 31.3 Å². The zero-order valence-electron chi connectivity index (χ0n) is 22.9. The molecule has 0 spiro atoms. The van der Waals surface area contributed by atoms with Gasteiger partial charge in [-0.2, -0.15) is 4.98 Å². The number of piperidine rings is 1. The number of para-hydroxylation sites is 1. The number of nitrogens with one attached hydrogen (secondary N) is 1. The number of amides is 1. The minimum absolute atomic E-state index is 0.00324. The summed E-state index contributed by atoms with van der Waals surface area (Å²) < 4.78 is 9.69. The number of carbonyl (C=O) groups excluding carboxylic acids is 2. The van der Waals surface area contributed by atoms with Crippen molar-refractivity contribution in [3.05, 3.63) is 62.3 Å². The second kappa shape index (κ2) is 11.5. The molecule has 1 aliphatic heterocycles. The lowest BCUT2D eigenvalue weighted by Gasteiger charge is -2.32. The summed E-state index contributed by atoms with van der Waals surface area (Å²) in [5, 5.41) is 2.46. The van der Waals surface area contributed by atoms with Crippen molar-refractivity contribution < 1.29 is 14.3 Å². The van der Waals surface area contributed by atoms with Crippen molar-refractivity contribution in [1.29, 1.82) is 0 Å². The third-order valence-electron chi connectivity index (χ3n) is 7.58. The third kappa shape index (κ3) is 5.31. The molecule has 3 heterocycles. The zero-order valence-corrected chi connectivity index (χ0v) is 22.9. The highest BCUT2D eigenvalue weighted by Crippen LogP contribution is 2.27. The van der Waals surface area contributed by atoms with Crippen LogP contribution in [0.25, 0.3) is 11.2 Å². The smallest absolute Gasteiger partial charge is 0.332 e. The Hall–Kier alpha value is -4.19. The van der Waals surface area contributed by atoms with Gasteiger partial charge in [-0.25, -0.2) is 4.79 Å². The minimum atomic E-state index is -0.638. The first-order chi connectivity index (χ1) is 19.3. The van der Waals surface area contributed by atoms with Gasteiger partial charge in [-0.1, -0.05) is 23.8 Å². The van der Waals surface area contributed by atoms with Gasteiger partial charge in [-0.15, -0.1) is 0 Å². The number of aryl methyl sites for hydroxylation is 1. The van der Waals surface area contributed by atoms with Crippen molar-refractivity contribution in [3.63, 3.8) is 0 Å². The number of Topliss-reactive ketones (excluding diaryl/α,β-unsaturated/α-hetero) is 1. The Bertz CT molecular complexity index is 1600. The van der Waals surface area contributed by atoms with E-state index in [-0.39, 0.29) is 41.0 Å². The average Bonchev–Trinajstić information content (AvgIpc) is 3.61. The van der Waals surface area contributed by atoms with Crippen molar-refractivity contribution in [2.75, 3.05) is 31.6 Å². The topological polar surface area (TPSA) is 146 Å². The van der Waals surface area contributed by atoms with Crippen molar-refractivity contribution >= 4 is 28.8 Å². The van der Waals surface area contributed by atoms with E-state index in [1.165, 1.54) is 17.2 Å². The van der Waals surface area contributed by atoms with E-state index in [4.69, 9.17) is 15.5 Å². The molecule has 3 aromatic rings.